The molecule has 2 unspecified atom stereocenters. The van der Waals surface area contributed by atoms with Gasteiger partial charge in [-0.3, -0.25) is 4.79 Å². The molecule has 2 aliphatic heterocycles. The lowest BCUT2D eigenvalue weighted by Crippen LogP contribution is -2.50. The number of amides is 2. The van der Waals surface area contributed by atoms with Gasteiger partial charge in [-0.25, -0.2) is 4.79 Å². The predicted octanol–water partition coefficient (Wildman–Crippen LogP) is 1.78. The highest BCUT2D eigenvalue weighted by molar-refractivity contribution is 5.84. The highest BCUT2D eigenvalue weighted by Crippen LogP contribution is 2.34. The maximum absolute atomic E-state index is 12.8. The zero-order valence-electron chi connectivity index (χ0n) is 13.9. The molecule has 2 fully saturated rings. The number of piperidine rings is 1. The number of carbonyl (C=O) groups excluding carboxylic acids is 1. The van der Waals surface area contributed by atoms with Crippen LogP contribution in [-0.4, -0.2) is 53.7 Å². The van der Waals surface area contributed by atoms with E-state index in [-0.39, 0.29) is 18.5 Å². The van der Waals surface area contributed by atoms with Crippen molar-refractivity contribution in [2.75, 3.05) is 13.6 Å². The first-order chi connectivity index (χ1) is 11.5. The van der Waals surface area contributed by atoms with Gasteiger partial charge in [0.25, 0.3) is 0 Å². The van der Waals surface area contributed by atoms with E-state index in [0.29, 0.717) is 12.1 Å². The van der Waals surface area contributed by atoms with Crippen molar-refractivity contribution < 1.29 is 14.7 Å². The fraction of sp³-hybridized carbons (Fsp3) is 0.556. The third-order valence-electron chi connectivity index (χ3n) is 5.42. The summed E-state index contributed by atoms with van der Waals surface area (Å²) in [6.07, 6.45) is 3.26. The van der Waals surface area contributed by atoms with E-state index in [1.807, 2.05) is 30.3 Å². The molecule has 1 aromatic rings. The van der Waals surface area contributed by atoms with E-state index in [1.165, 1.54) is 12.8 Å². The number of nitrogens with one attached hydrogen (secondary N) is 2. The summed E-state index contributed by atoms with van der Waals surface area (Å²) < 4.78 is 0. The molecule has 0 saturated carbocycles. The number of nitrogens with zero attached hydrogens (tertiary/aromatic N) is 1. The van der Waals surface area contributed by atoms with Gasteiger partial charge in [0.1, 0.15) is 0 Å². The highest BCUT2D eigenvalue weighted by Gasteiger charge is 2.39. The summed E-state index contributed by atoms with van der Waals surface area (Å²) in [4.78, 5) is 26.0. The molecule has 3 rings (SSSR count). The molecule has 0 aromatic heterocycles. The molecule has 6 nitrogen and oxygen atoms in total. The summed E-state index contributed by atoms with van der Waals surface area (Å²) in [5, 5.41) is 14.4. The molecule has 2 aliphatic rings. The molecule has 24 heavy (non-hydrogen) atoms. The lowest BCUT2D eigenvalue weighted by molar-refractivity contribution is -0.123. The fourth-order valence-electron chi connectivity index (χ4n) is 4.07. The molecule has 2 amide bonds. The monoisotopic (exact) mass is 331 g/mol. The Labute approximate surface area is 142 Å². The van der Waals surface area contributed by atoms with Gasteiger partial charge in [0.05, 0.1) is 5.92 Å². The van der Waals surface area contributed by atoms with Gasteiger partial charge in [0.15, 0.2) is 0 Å². The van der Waals surface area contributed by atoms with Gasteiger partial charge in [-0.05, 0) is 38.3 Å². The van der Waals surface area contributed by atoms with Gasteiger partial charge in [0, 0.05) is 24.7 Å². The lowest BCUT2D eigenvalue weighted by atomic mass is 9.94. The van der Waals surface area contributed by atoms with Crippen LogP contribution < -0.4 is 10.6 Å². The fourth-order valence-corrected chi connectivity index (χ4v) is 4.07. The Hall–Kier alpha value is -2.08. The number of hydrogen-bond acceptors (Lipinski definition) is 3. The van der Waals surface area contributed by atoms with E-state index in [0.717, 1.165) is 18.4 Å². The van der Waals surface area contributed by atoms with Crippen molar-refractivity contribution in [1.29, 1.82) is 0 Å². The summed E-state index contributed by atoms with van der Waals surface area (Å²) >= 11 is 0. The van der Waals surface area contributed by atoms with Crippen molar-refractivity contribution in [1.82, 2.24) is 15.5 Å². The van der Waals surface area contributed by atoms with Crippen molar-refractivity contribution in [2.45, 2.75) is 49.7 Å². The van der Waals surface area contributed by atoms with Crippen LogP contribution in [0.2, 0.25) is 0 Å². The van der Waals surface area contributed by atoms with Crippen LogP contribution in [0.15, 0.2) is 30.3 Å². The predicted molar refractivity (Wildman–Crippen MR) is 90.9 cm³/mol. The van der Waals surface area contributed by atoms with Gasteiger partial charge in [-0.15, -0.1) is 0 Å². The summed E-state index contributed by atoms with van der Waals surface area (Å²) in [5.74, 6) is -0.594. The van der Waals surface area contributed by atoms with E-state index >= 15 is 0 Å². The first-order valence-electron chi connectivity index (χ1n) is 8.58. The van der Waals surface area contributed by atoms with Gasteiger partial charge in [-0.1, -0.05) is 30.3 Å². The van der Waals surface area contributed by atoms with E-state index in [2.05, 4.69) is 22.6 Å². The molecule has 2 bridgehead atoms. The van der Waals surface area contributed by atoms with Crippen molar-refractivity contribution in [3.8, 4) is 0 Å². The quantitative estimate of drug-likeness (QED) is 0.768. The maximum atomic E-state index is 12.8. The first kappa shape index (κ1) is 16.8. The van der Waals surface area contributed by atoms with Crippen molar-refractivity contribution >= 4 is 12.0 Å². The number of rotatable bonds is 5. The number of carboxylic acid groups (broad SMARTS) is 1. The van der Waals surface area contributed by atoms with E-state index in [1.54, 1.807) is 0 Å². The molecule has 130 valence electrons. The molecule has 2 saturated heterocycles. The molecule has 0 aliphatic carbocycles. The Morgan fingerprint density at radius 3 is 2.42 bits per heavy atom. The van der Waals surface area contributed by atoms with Crippen molar-refractivity contribution in [3.63, 3.8) is 0 Å². The molecule has 1 aromatic carbocycles. The molecular formula is C18H25N3O3. The highest BCUT2D eigenvalue weighted by atomic mass is 16.4. The summed E-state index contributed by atoms with van der Waals surface area (Å²) in [6, 6.07) is 10.7. The van der Waals surface area contributed by atoms with Crippen LogP contribution in [-0.2, 0) is 4.79 Å². The largest absolute Gasteiger partial charge is 0.465 e. The van der Waals surface area contributed by atoms with Gasteiger partial charge in [0.2, 0.25) is 5.91 Å². The number of hydrogen-bond donors (Lipinski definition) is 3. The summed E-state index contributed by atoms with van der Waals surface area (Å²) in [5.41, 5.74) is 0.833. The van der Waals surface area contributed by atoms with Crippen molar-refractivity contribution in [3.05, 3.63) is 35.9 Å². The Morgan fingerprint density at radius 1 is 1.21 bits per heavy atom. The lowest BCUT2D eigenvalue weighted by Gasteiger charge is -2.37. The first-order valence-corrected chi connectivity index (χ1v) is 8.58. The number of carbonyl (C=O) groups is 2. The molecule has 2 heterocycles. The minimum Gasteiger partial charge on any atom is -0.465 e. The Morgan fingerprint density at radius 2 is 1.83 bits per heavy atom. The topological polar surface area (TPSA) is 81.7 Å². The normalized spacial score (nSPS) is 27.5. The van der Waals surface area contributed by atoms with Crippen LogP contribution in [0.4, 0.5) is 4.79 Å². The van der Waals surface area contributed by atoms with Crippen LogP contribution in [0, 0.1) is 0 Å². The SMILES string of the molecule is CN1[C@@H]2CC[C@H]1CC(NC(=O)C(CNC(=O)O)c1ccccc1)C2. The second-order valence-electron chi connectivity index (χ2n) is 6.88. The molecule has 0 spiro atoms. The second kappa shape index (κ2) is 7.21. The molecule has 6 heteroatoms. The molecule has 3 N–H and O–H groups in total. The average Bonchev–Trinajstić information content (AvgIpc) is 2.77. The minimum atomic E-state index is -1.11. The van der Waals surface area contributed by atoms with Gasteiger partial charge in [-0.2, -0.15) is 0 Å². The van der Waals surface area contributed by atoms with Crippen LogP contribution in [0.3, 0.4) is 0 Å². The van der Waals surface area contributed by atoms with Crippen LogP contribution in [0.1, 0.15) is 37.2 Å². The Bertz CT molecular complexity index is 578. The number of fused-ring (bicyclic) bond motifs is 2. The smallest absolute Gasteiger partial charge is 0.404 e. The van der Waals surface area contributed by atoms with Crippen LogP contribution in [0.25, 0.3) is 0 Å². The Kier molecular flexibility index (Phi) is 5.04. The number of benzene rings is 1. The maximum Gasteiger partial charge on any atom is 0.404 e. The van der Waals surface area contributed by atoms with Gasteiger partial charge >= 0.3 is 6.09 Å². The van der Waals surface area contributed by atoms with Gasteiger partial charge < -0.3 is 20.6 Å². The minimum absolute atomic E-state index is 0.0880. The molecule has 4 atom stereocenters. The third-order valence-corrected chi connectivity index (χ3v) is 5.42. The molecule has 0 radical (unpaired) electrons. The van der Waals surface area contributed by atoms with Crippen LogP contribution >= 0.6 is 0 Å². The average molecular weight is 331 g/mol. The van der Waals surface area contributed by atoms with Crippen LogP contribution in [0.5, 0.6) is 0 Å². The van der Waals surface area contributed by atoms with Crippen molar-refractivity contribution in [2.24, 2.45) is 0 Å². The summed E-state index contributed by atoms with van der Waals surface area (Å²) in [6.45, 7) is 0.0880. The Balaban J connectivity index is 1.66. The second-order valence-corrected chi connectivity index (χ2v) is 6.88. The standard InChI is InChI=1S/C18H25N3O3/c1-21-14-7-8-15(21)10-13(9-14)20-17(22)16(11-19-18(23)24)12-5-3-2-4-6-12/h2-6,13-16,19H,7-11H2,1H3,(H,20,22)(H,23,24)/t13?,14-,15+,16?. The third kappa shape index (κ3) is 3.70. The molecular weight excluding hydrogens is 306 g/mol. The van der Waals surface area contributed by atoms with E-state index in [4.69, 9.17) is 5.11 Å². The zero-order chi connectivity index (χ0) is 17.1. The van der Waals surface area contributed by atoms with E-state index < -0.39 is 12.0 Å². The zero-order valence-corrected chi connectivity index (χ0v) is 13.9. The summed E-state index contributed by atoms with van der Waals surface area (Å²) in [7, 11) is 2.17. The van der Waals surface area contributed by atoms with E-state index in [9.17, 15) is 9.59 Å².